The van der Waals surface area contributed by atoms with Gasteiger partial charge in [-0.05, 0) is 24.4 Å². The lowest BCUT2D eigenvalue weighted by Gasteiger charge is -2.10. The quantitative estimate of drug-likeness (QED) is 0.424. The highest BCUT2D eigenvalue weighted by Crippen LogP contribution is 2.33. The van der Waals surface area contributed by atoms with Crippen molar-refractivity contribution in [2.24, 2.45) is 5.84 Å². The number of anilines is 1. The molecule has 1 aromatic rings. The molecule has 0 heterocycles. The van der Waals surface area contributed by atoms with Crippen LogP contribution in [0.4, 0.5) is 5.69 Å². The van der Waals surface area contributed by atoms with E-state index >= 15 is 0 Å². The number of hydrogen-bond acceptors (Lipinski definition) is 2. The van der Waals surface area contributed by atoms with Gasteiger partial charge < -0.3 is 10.7 Å². The second-order valence-corrected chi connectivity index (χ2v) is 4.48. The van der Waals surface area contributed by atoms with Gasteiger partial charge in [0.15, 0.2) is 5.11 Å². The summed E-state index contributed by atoms with van der Waals surface area (Å²) in [6.45, 7) is 0. The largest absolute Gasteiger partial charge is 0.329 e. The third kappa shape index (κ3) is 2.96. The van der Waals surface area contributed by atoms with Crippen molar-refractivity contribution in [3.8, 4) is 0 Å². The Morgan fingerprint density at radius 3 is 2.29 bits per heavy atom. The molecule has 0 atom stereocenters. The fourth-order valence-electron chi connectivity index (χ4n) is 0.811. The van der Waals surface area contributed by atoms with E-state index in [1.165, 1.54) is 0 Å². The predicted octanol–water partition coefficient (Wildman–Crippen LogP) is 2.92. The number of thiocarbonyl (C=S) groups is 1. The van der Waals surface area contributed by atoms with E-state index in [2.05, 4.69) is 26.7 Å². The van der Waals surface area contributed by atoms with Crippen molar-refractivity contribution in [1.29, 1.82) is 0 Å². The van der Waals surface area contributed by atoms with Crippen LogP contribution < -0.4 is 16.6 Å². The molecular weight excluding hydrogens is 309 g/mol. The average molecular weight is 315 g/mol. The van der Waals surface area contributed by atoms with Gasteiger partial charge in [0.25, 0.3) is 0 Å². The minimum atomic E-state index is 0.246. The van der Waals surface area contributed by atoms with E-state index in [1.807, 2.05) is 0 Å². The maximum Gasteiger partial charge on any atom is 0.185 e. The minimum Gasteiger partial charge on any atom is -0.329 e. The monoisotopic (exact) mass is 313 g/mol. The lowest BCUT2D eigenvalue weighted by Crippen LogP contribution is -2.34. The van der Waals surface area contributed by atoms with Crippen molar-refractivity contribution >= 4 is 62.1 Å². The van der Waals surface area contributed by atoms with Crippen molar-refractivity contribution in [2.45, 2.75) is 0 Å². The van der Waals surface area contributed by atoms with Crippen LogP contribution >= 0.6 is 51.3 Å². The number of rotatable bonds is 1. The predicted molar refractivity (Wildman–Crippen MR) is 67.7 cm³/mol. The van der Waals surface area contributed by atoms with Gasteiger partial charge in [-0.3, -0.25) is 0 Å². The highest BCUT2D eigenvalue weighted by molar-refractivity contribution is 9.10. The molecule has 0 aliphatic carbocycles. The molecule has 3 nitrogen and oxygen atoms in total. The molecule has 0 bridgehead atoms. The van der Waals surface area contributed by atoms with E-state index in [0.29, 0.717) is 15.7 Å². The van der Waals surface area contributed by atoms with E-state index in [4.69, 9.17) is 41.3 Å². The third-order valence-electron chi connectivity index (χ3n) is 1.38. The second-order valence-electron chi connectivity index (χ2n) is 2.34. The molecule has 1 rings (SSSR count). The minimum absolute atomic E-state index is 0.246. The van der Waals surface area contributed by atoms with Crippen LogP contribution in [0, 0.1) is 0 Å². The van der Waals surface area contributed by atoms with Crippen molar-refractivity contribution in [2.75, 3.05) is 5.32 Å². The number of hydrogen-bond donors (Lipinski definition) is 3. The summed E-state index contributed by atoms with van der Waals surface area (Å²) in [5, 5.41) is 3.93. The molecule has 14 heavy (non-hydrogen) atoms. The molecule has 4 N–H and O–H groups in total. The maximum atomic E-state index is 5.93. The first-order valence-electron chi connectivity index (χ1n) is 3.46. The smallest absolute Gasteiger partial charge is 0.185 e. The van der Waals surface area contributed by atoms with Crippen molar-refractivity contribution in [3.63, 3.8) is 0 Å². The summed E-state index contributed by atoms with van der Waals surface area (Å²) >= 11 is 19.9. The SMILES string of the molecule is NNC(=S)Nc1c(Cl)cc(Br)cc1Cl. The molecule has 76 valence electrons. The highest BCUT2D eigenvalue weighted by atomic mass is 79.9. The first-order chi connectivity index (χ1) is 6.54. The molecule has 0 aliphatic heterocycles. The highest BCUT2D eigenvalue weighted by Gasteiger charge is 2.08. The molecule has 0 aliphatic rings. The fourth-order valence-corrected chi connectivity index (χ4v) is 2.22. The number of hydrazine groups is 1. The van der Waals surface area contributed by atoms with Crippen LogP contribution in [0.25, 0.3) is 0 Å². The van der Waals surface area contributed by atoms with Gasteiger partial charge >= 0.3 is 0 Å². The van der Waals surface area contributed by atoms with Gasteiger partial charge in [-0.1, -0.05) is 39.1 Å². The molecule has 0 unspecified atom stereocenters. The molecule has 0 amide bonds. The summed E-state index contributed by atoms with van der Waals surface area (Å²) in [7, 11) is 0. The third-order valence-corrected chi connectivity index (χ3v) is 2.65. The van der Waals surface area contributed by atoms with Crippen LogP contribution in [0.1, 0.15) is 0 Å². The number of benzene rings is 1. The summed E-state index contributed by atoms with van der Waals surface area (Å²) < 4.78 is 0.796. The fraction of sp³-hybridized carbons (Fsp3) is 0. The standard InChI is InChI=1S/C7H6BrCl2N3S/c8-3-1-4(9)6(5(10)2-3)12-7(14)13-11/h1-2H,11H2,(H2,12,13,14). The Morgan fingerprint density at radius 1 is 1.36 bits per heavy atom. The molecular formula is C7H6BrCl2N3S. The van der Waals surface area contributed by atoms with Crippen molar-refractivity contribution in [1.82, 2.24) is 5.43 Å². The van der Waals surface area contributed by atoms with E-state index in [-0.39, 0.29) is 5.11 Å². The summed E-state index contributed by atoms with van der Waals surface area (Å²) in [6, 6.07) is 3.41. The van der Waals surface area contributed by atoms with E-state index in [1.54, 1.807) is 12.1 Å². The van der Waals surface area contributed by atoms with Crippen LogP contribution in [-0.2, 0) is 0 Å². The van der Waals surface area contributed by atoms with Crippen LogP contribution in [0.3, 0.4) is 0 Å². The van der Waals surface area contributed by atoms with Crippen molar-refractivity contribution < 1.29 is 0 Å². The van der Waals surface area contributed by atoms with Crippen LogP contribution in [0.15, 0.2) is 16.6 Å². The zero-order chi connectivity index (χ0) is 10.7. The molecule has 0 saturated carbocycles. The molecule has 0 fully saturated rings. The van der Waals surface area contributed by atoms with Gasteiger partial charge in [0.2, 0.25) is 0 Å². The van der Waals surface area contributed by atoms with E-state index in [0.717, 1.165) is 4.47 Å². The summed E-state index contributed by atoms with van der Waals surface area (Å²) in [4.78, 5) is 0. The van der Waals surface area contributed by atoms with Gasteiger partial charge in [0.1, 0.15) is 0 Å². The Morgan fingerprint density at radius 2 is 1.86 bits per heavy atom. The summed E-state index contributed by atoms with van der Waals surface area (Å²) in [5.74, 6) is 5.10. The van der Waals surface area contributed by atoms with E-state index in [9.17, 15) is 0 Å². The Hall–Kier alpha value is -0.0700. The molecule has 7 heteroatoms. The van der Waals surface area contributed by atoms with Gasteiger partial charge in [-0.25, -0.2) is 5.84 Å². The first kappa shape index (κ1) is 12.0. The molecule has 0 spiro atoms. The Bertz CT molecular complexity index is 349. The topological polar surface area (TPSA) is 50.1 Å². The van der Waals surface area contributed by atoms with Gasteiger partial charge in [0, 0.05) is 4.47 Å². The molecule has 0 aromatic heterocycles. The molecule has 0 saturated heterocycles. The van der Waals surface area contributed by atoms with Crippen LogP contribution in [0.2, 0.25) is 10.0 Å². The Labute approximate surface area is 105 Å². The van der Waals surface area contributed by atoms with Gasteiger partial charge in [-0.15, -0.1) is 0 Å². The normalized spacial score (nSPS) is 9.71. The second kappa shape index (κ2) is 5.14. The first-order valence-corrected chi connectivity index (χ1v) is 5.42. The number of halogens is 3. The van der Waals surface area contributed by atoms with Gasteiger partial charge in [-0.2, -0.15) is 0 Å². The Balaban J connectivity index is 3.02. The Kier molecular flexibility index (Phi) is 4.40. The average Bonchev–Trinajstić information content (AvgIpc) is 2.10. The lowest BCUT2D eigenvalue weighted by molar-refractivity contribution is 1.04. The zero-order valence-corrected chi connectivity index (χ0v) is 10.7. The maximum absolute atomic E-state index is 5.93. The van der Waals surface area contributed by atoms with Crippen molar-refractivity contribution in [3.05, 3.63) is 26.7 Å². The molecule has 1 aromatic carbocycles. The van der Waals surface area contributed by atoms with Crippen LogP contribution in [-0.4, -0.2) is 5.11 Å². The number of nitrogens with one attached hydrogen (secondary N) is 2. The van der Waals surface area contributed by atoms with Gasteiger partial charge in [0.05, 0.1) is 15.7 Å². The summed E-state index contributed by atoms with van der Waals surface area (Å²) in [6.07, 6.45) is 0. The zero-order valence-electron chi connectivity index (χ0n) is 6.77. The molecule has 0 radical (unpaired) electrons. The number of nitrogens with two attached hydrogens (primary N) is 1. The lowest BCUT2D eigenvalue weighted by atomic mass is 10.3. The van der Waals surface area contributed by atoms with Crippen LogP contribution in [0.5, 0.6) is 0 Å². The summed E-state index contributed by atoms with van der Waals surface area (Å²) in [5.41, 5.74) is 2.80. The van der Waals surface area contributed by atoms with E-state index < -0.39 is 0 Å².